The highest BCUT2D eigenvalue weighted by Crippen LogP contribution is 2.39. The van der Waals surface area contributed by atoms with E-state index in [1.165, 1.54) is 12.1 Å². The highest BCUT2D eigenvalue weighted by atomic mass is 19.4. The van der Waals surface area contributed by atoms with E-state index < -0.39 is 17.8 Å². The lowest BCUT2D eigenvalue weighted by atomic mass is 9.93. The molecule has 31 heavy (non-hydrogen) atoms. The topological polar surface area (TPSA) is 59.8 Å². The van der Waals surface area contributed by atoms with Crippen molar-refractivity contribution in [2.24, 2.45) is 0 Å². The normalized spacial score (nSPS) is 17.2. The monoisotopic (exact) mass is 431 g/mol. The summed E-state index contributed by atoms with van der Waals surface area (Å²) in [5, 5.41) is 21.0. The van der Waals surface area contributed by atoms with Crippen LogP contribution < -0.4 is 0 Å². The van der Waals surface area contributed by atoms with Crippen LogP contribution in [0.4, 0.5) is 13.2 Å². The number of phenols is 1. The number of halogens is 3. The van der Waals surface area contributed by atoms with Gasteiger partial charge in [-0.05, 0) is 23.8 Å². The summed E-state index contributed by atoms with van der Waals surface area (Å²) in [5.74, 6) is 0.0424. The van der Waals surface area contributed by atoms with E-state index in [0.717, 1.165) is 30.6 Å². The Morgan fingerprint density at radius 3 is 2.32 bits per heavy atom. The summed E-state index contributed by atoms with van der Waals surface area (Å²) in [4.78, 5) is 8.59. The third-order valence-corrected chi connectivity index (χ3v) is 5.82. The van der Waals surface area contributed by atoms with Crippen LogP contribution in [-0.2, 0) is 6.18 Å². The van der Waals surface area contributed by atoms with Crippen molar-refractivity contribution in [3.05, 3.63) is 71.4 Å². The van der Waals surface area contributed by atoms with Crippen molar-refractivity contribution in [3.63, 3.8) is 0 Å². The summed E-state index contributed by atoms with van der Waals surface area (Å²) < 4.78 is 39.2. The van der Waals surface area contributed by atoms with E-state index in [1.54, 1.807) is 12.3 Å². The molecule has 1 saturated heterocycles. The highest BCUT2D eigenvalue weighted by Gasteiger charge is 2.32. The Morgan fingerprint density at radius 2 is 1.68 bits per heavy atom. The Bertz CT molecular complexity index is 1030. The van der Waals surface area contributed by atoms with Crippen molar-refractivity contribution in [2.45, 2.75) is 12.2 Å². The summed E-state index contributed by atoms with van der Waals surface area (Å²) in [5.41, 5.74) is 1.05. The largest absolute Gasteiger partial charge is 0.505 e. The molecule has 3 aromatic rings. The number of β-amino-alcohol motifs (C(OH)–C–C–N with tert-alkyl or cyclic N) is 1. The molecule has 1 fully saturated rings. The lowest BCUT2D eigenvalue weighted by Crippen LogP contribution is -2.48. The highest BCUT2D eigenvalue weighted by molar-refractivity contribution is 5.85. The van der Waals surface area contributed by atoms with Crippen molar-refractivity contribution in [3.8, 4) is 5.75 Å². The standard InChI is InChI=1S/C23H24F3N3O2/c24-23(25,26)18-6-3-17(4-7-18)21(29-12-10-28(11-13-29)14-15-30)19-8-5-16-2-1-9-27-20(16)22(19)31/h1-9,21,30-31H,10-15H2/t21-/m0/s1. The molecule has 2 N–H and O–H groups in total. The first-order valence-electron chi connectivity index (χ1n) is 10.2. The molecule has 1 aliphatic heterocycles. The average Bonchev–Trinajstić information content (AvgIpc) is 2.77. The Labute approximate surface area is 178 Å². The molecule has 164 valence electrons. The molecule has 0 amide bonds. The number of fused-ring (bicyclic) bond motifs is 1. The Morgan fingerprint density at radius 1 is 0.968 bits per heavy atom. The SMILES string of the molecule is OCCN1CCN([C@@H](c2ccc(C(F)(F)F)cc2)c2ccc3cccnc3c2O)CC1. The molecule has 0 radical (unpaired) electrons. The Kier molecular flexibility index (Phi) is 6.13. The first-order chi connectivity index (χ1) is 14.9. The van der Waals surface area contributed by atoms with Crippen LogP contribution in [0.5, 0.6) is 5.75 Å². The number of phenolic OH excluding ortho intramolecular Hbond substituents is 1. The number of piperazine rings is 1. The van der Waals surface area contributed by atoms with E-state index in [1.807, 2.05) is 18.2 Å². The quantitative estimate of drug-likeness (QED) is 0.646. The van der Waals surface area contributed by atoms with Gasteiger partial charge in [-0.3, -0.25) is 14.8 Å². The Balaban J connectivity index is 1.74. The maximum atomic E-state index is 13.1. The predicted molar refractivity (Wildman–Crippen MR) is 112 cm³/mol. The first kappa shape index (κ1) is 21.5. The van der Waals surface area contributed by atoms with E-state index in [4.69, 9.17) is 0 Å². The first-order valence-corrected chi connectivity index (χ1v) is 10.2. The number of aromatic hydroxyl groups is 1. The lowest BCUT2D eigenvalue weighted by Gasteiger charge is -2.39. The second-order valence-electron chi connectivity index (χ2n) is 7.70. The number of hydrogen-bond acceptors (Lipinski definition) is 5. The molecule has 4 rings (SSSR count). The van der Waals surface area contributed by atoms with Crippen LogP contribution in [0, 0.1) is 0 Å². The van der Waals surface area contributed by atoms with Gasteiger partial charge in [-0.25, -0.2) is 0 Å². The molecule has 1 aliphatic rings. The summed E-state index contributed by atoms with van der Waals surface area (Å²) in [6.45, 7) is 3.44. The van der Waals surface area contributed by atoms with Crippen LogP contribution in [0.2, 0.25) is 0 Å². The van der Waals surface area contributed by atoms with Gasteiger partial charge < -0.3 is 10.2 Å². The molecule has 2 aromatic carbocycles. The van der Waals surface area contributed by atoms with Crippen molar-refractivity contribution in [1.29, 1.82) is 0 Å². The summed E-state index contributed by atoms with van der Waals surface area (Å²) in [6, 6.07) is 12.1. The van der Waals surface area contributed by atoms with Crippen molar-refractivity contribution in [2.75, 3.05) is 39.3 Å². The van der Waals surface area contributed by atoms with Gasteiger partial charge >= 0.3 is 6.18 Å². The van der Waals surface area contributed by atoms with Gasteiger partial charge in [0.15, 0.2) is 0 Å². The maximum Gasteiger partial charge on any atom is 0.416 e. The minimum Gasteiger partial charge on any atom is -0.505 e. The molecule has 0 saturated carbocycles. The summed E-state index contributed by atoms with van der Waals surface area (Å²) in [7, 11) is 0. The summed E-state index contributed by atoms with van der Waals surface area (Å²) >= 11 is 0. The van der Waals surface area contributed by atoms with Crippen molar-refractivity contribution in [1.82, 2.24) is 14.8 Å². The zero-order valence-electron chi connectivity index (χ0n) is 16.9. The number of aliphatic hydroxyl groups is 1. The second-order valence-corrected chi connectivity index (χ2v) is 7.70. The molecule has 0 bridgehead atoms. The van der Waals surface area contributed by atoms with Crippen molar-refractivity contribution >= 4 is 10.9 Å². The molecule has 0 unspecified atom stereocenters. The fourth-order valence-electron chi connectivity index (χ4n) is 4.19. The molecule has 5 nitrogen and oxygen atoms in total. The van der Waals surface area contributed by atoms with Crippen LogP contribution in [-0.4, -0.2) is 64.3 Å². The van der Waals surface area contributed by atoms with Crippen LogP contribution >= 0.6 is 0 Å². The fraction of sp³-hybridized carbons (Fsp3) is 0.348. The van der Waals surface area contributed by atoms with Gasteiger partial charge in [-0.15, -0.1) is 0 Å². The van der Waals surface area contributed by atoms with Gasteiger partial charge in [0.2, 0.25) is 0 Å². The lowest BCUT2D eigenvalue weighted by molar-refractivity contribution is -0.137. The number of nitrogens with zero attached hydrogens (tertiary/aromatic N) is 3. The van der Waals surface area contributed by atoms with Gasteiger partial charge in [-0.2, -0.15) is 13.2 Å². The predicted octanol–water partition coefficient (Wildman–Crippen LogP) is 3.66. The maximum absolute atomic E-state index is 13.1. The van der Waals surface area contributed by atoms with E-state index in [9.17, 15) is 23.4 Å². The van der Waals surface area contributed by atoms with Gasteiger partial charge in [0.25, 0.3) is 0 Å². The number of hydrogen-bond donors (Lipinski definition) is 2. The number of aliphatic hydroxyl groups excluding tert-OH is 1. The molecule has 0 aliphatic carbocycles. The fourth-order valence-corrected chi connectivity index (χ4v) is 4.19. The molecular weight excluding hydrogens is 407 g/mol. The third-order valence-electron chi connectivity index (χ3n) is 5.82. The zero-order chi connectivity index (χ0) is 22.0. The minimum absolute atomic E-state index is 0.0424. The molecule has 1 atom stereocenters. The minimum atomic E-state index is -4.40. The number of rotatable bonds is 5. The molecular formula is C23H24F3N3O2. The van der Waals surface area contributed by atoms with Crippen LogP contribution in [0.1, 0.15) is 22.7 Å². The number of aromatic nitrogens is 1. The zero-order valence-corrected chi connectivity index (χ0v) is 16.9. The third kappa shape index (κ3) is 4.51. The van der Waals surface area contributed by atoms with Crippen LogP contribution in [0.25, 0.3) is 10.9 Å². The van der Waals surface area contributed by atoms with Gasteiger partial charge in [0, 0.05) is 49.9 Å². The second kappa shape index (κ2) is 8.82. The van der Waals surface area contributed by atoms with Gasteiger partial charge in [-0.1, -0.05) is 30.3 Å². The molecule has 2 heterocycles. The molecule has 8 heteroatoms. The van der Waals surface area contributed by atoms with Gasteiger partial charge in [0.1, 0.15) is 11.3 Å². The number of alkyl halides is 3. The van der Waals surface area contributed by atoms with E-state index in [2.05, 4.69) is 14.8 Å². The molecule has 0 spiro atoms. The number of benzene rings is 2. The van der Waals surface area contributed by atoms with Gasteiger partial charge in [0.05, 0.1) is 18.2 Å². The average molecular weight is 431 g/mol. The van der Waals surface area contributed by atoms with Crippen LogP contribution in [0.15, 0.2) is 54.7 Å². The van der Waals surface area contributed by atoms with Crippen LogP contribution in [0.3, 0.4) is 0 Å². The molecule has 1 aromatic heterocycles. The van der Waals surface area contributed by atoms with E-state index >= 15 is 0 Å². The Hall–Kier alpha value is -2.68. The summed E-state index contributed by atoms with van der Waals surface area (Å²) in [6.07, 6.45) is -2.80. The van der Waals surface area contributed by atoms with Crippen molar-refractivity contribution < 1.29 is 23.4 Å². The van der Waals surface area contributed by atoms with E-state index in [-0.39, 0.29) is 12.4 Å². The van der Waals surface area contributed by atoms with E-state index in [0.29, 0.717) is 36.3 Å². The number of pyridine rings is 1. The smallest absolute Gasteiger partial charge is 0.416 e.